The number of carbonyl (C=O) groups excluding carboxylic acids is 1. The summed E-state index contributed by atoms with van der Waals surface area (Å²) in [6.07, 6.45) is 8.46. The summed E-state index contributed by atoms with van der Waals surface area (Å²) in [5.41, 5.74) is 0. The van der Waals surface area contributed by atoms with E-state index in [2.05, 4.69) is 13.5 Å². The number of hydrogen-bond donors (Lipinski definition) is 0. The molecule has 0 aromatic carbocycles. The molecule has 0 heterocycles. The van der Waals surface area contributed by atoms with Crippen LogP contribution in [-0.2, 0) is 9.53 Å². The van der Waals surface area contributed by atoms with Crippen molar-refractivity contribution in [3.63, 3.8) is 0 Å². The molecule has 0 fully saturated rings. The second-order valence-electron chi connectivity index (χ2n) is 3.61. The third-order valence-corrected chi connectivity index (χ3v) is 2.14. The maximum atomic E-state index is 10.8. The first-order valence-corrected chi connectivity index (χ1v) is 5.48. The fourth-order valence-electron chi connectivity index (χ4n) is 1.44. The van der Waals surface area contributed by atoms with Gasteiger partial charge < -0.3 is 4.74 Å². The van der Waals surface area contributed by atoms with Gasteiger partial charge in [0.05, 0.1) is 0 Å². The Morgan fingerprint density at radius 1 is 1.43 bits per heavy atom. The van der Waals surface area contributed by atoms with Crippen molar-refractivity contribution >= 4 is 5.97 Å². The normalized spacial score (nSPS) is 12.1. The van der Waals surface area contributed by atoms with Crippen LogP contribution in [0.5, 0.6) is 0 Å². The lowest BCUT2D eigenvalue weighted by Gasteiger charge is -2.14. The summed E-state index contributed by atoms with van der Waals surface area (Å²) in [5.74, 6) is -0.188. The second kappa shape index (κ2) is 8.79. The molecular weight excluding hydrogens is 176 g/mol. The Morgan fingerprint density at radius 2 is 2.14 bits per heavy atom. The van der Waals surface area contributed by atoms with Crippen molar-refractivity contribution in [2.45, 2.75) is 58.5 Å². The third-order valence-electron chi connectivity index (χ3n) is 2.14. The zero-order valence-corrected chi connectivity index (χ0v) is 9.42. The monoisotopic (exact) mass is 198 g/mol. The first-order valence-electron chi connectivity index (χ1n) is 5.48. The van der Waals surface area contributed by atoms with E-state index in [4.69, 9.17) is 4.74 Å². The quantitative estimate of drug-likeness (QED) is 0.339. The lowest BCUT2D eigenvalue weighted by molar-refractivity contribution is -0.146. The molecule has 0 aliphatic carbocycles. The number of esters is 1. The fourth-order valence-corrected chi connectivity index (χ4v) is 1.44. The zero-order valence-electron chi connectivity index (χ0n) is 9.42. The highest BCUT2D eigenvalue weighted by Crippen LogP contribution is 2.11. The molecular formula is C12H22O2. The minimum Gasteiger partial charge on any atom is -0.462 e. The molecule has 0 N–H and O–H groups in total. The first-order chi connectivity index (χ1) is 6.70. The van der Waals surface area contributed by atoms with E-state index in [9.17, 15) is 4.79 Å². The van der Waals surface area contributed by atoms with Gasteiger partial charge in [-0.15, -0.1) is 6.58 Å². The average molecular weight is 198 g/mol. The molecule has 0 rings (SSSR count). The van der Waals surface area contributed by atoms with E-state index in [1.165, 1.54) is 26.2 Å². The van der Waals surface area contributed by atoms with E-state index in [1.54, 1.807) is 0 Å². The lowest BCUT2D eigenvalue weighted by atomic mass is 10.1. The molecule has 0 unspecified atom stereocenters. The minimum atomic E-state index is -0.188. The topological polar surface area (TPSA) is 26.3 Å². The van der Waals surface area contributed by atoms with Crippen molar-refractivity contribution in [1.82, 2.24) is 0 Å². The Morgan fingerprint density at radius 3 is 2.64 bits per heavy atom. The van der Waals surface area contributed by atoms with Crippen LogP contribution in [0.1, 0.15) is 52.4 Å². The largest absolute Gasteiger partial charge is 0.462 e. The summed E-state index contributed by atoms with van der Waals surface area (Å²) in [7, 11) is 0. The van der Waals surface area contributed by atoms with Crippen molar-refractivity contribution in [2.75, 3.05) is 0 Å². The maximum absolute atomic E-state index is 10.8. The van der Waals surface area contributed by atoms with E-state index in [0.717, 1.165) is 19.3 Å². The predicted octanol–water partition coefficient (Wildman–Crippen LogP) is 3.46. The molecule has 0 aromatic rings. The summed E-state index contributed by atoms with van der Waals surface area (Å²) in [6.45, 7) is 7.31. The predicted molar refractivity (Wildman–Crippen MR) is 59.1 cm³/mol. The number of hydrogen-bond acceptors (Lipinski definition) is 2. The molecule has 0 aromatic heterocycles. The van der Waals surface area contributed by atoms with Gasteiger partial charge in [-0.1, -0.05) is 32.3 Å². The Hall–Kier alpha value is -0.790. The number of unbranched alkanes of at least 4 members (excludes halogenated alkanes) is 3. The Balaban J connectivity index is 3.61. The van der Waals surface area contributed by atoms with Crippen LogP contribution in [0.3, 0.4) is 0 Å². The fraction of sp³-hybridized carbons (Fsp3) is 0.750. The van der Waals surface area contributed by atoms with Crippen LogP contribution in [0.15, 0.2) is 12.7 Å². The van der Waals surface area contributed by atoms with Crippen LogP contribution in [0.4, 0.5) is 0 Å². The van der Waals surface area contributed by atoms with E-state index in [-0.39, 0.29) is 12.1 Å². The molecule has 82 valence electrons. The highest BCUT2D eigenvalue weighted by Gasteiger charge is 2.09. The van der Waals surface area contributed by atoms with Gasteiger partial charge in [0.2, 0.25) is 0 Å². The molecule has 14 heavy (non-hydrogen) atoms. The number of carbonyl (C=O) groups is 1. The third kappa shape index (κ3) is 7.84. The highest BCUT2D eigenvalue weighted by atomic mass is 16.5. The zero-order chi connectivity index (χ0) is 10.8. The van der Waals surface area contributed by atoms with Crippen molar-refractivity contribution < 1.29 is 9.53 Å². The van der Waals surface area contributed by atoms with Gasteiger partial charge in [0.1, 0.15) is 6.10 Å². The van der Waals surface area contributed by atoms with Crippen molar-refractivity contribution in [3.05, 3.63) is 12.7 Å². The van der Waals surface area contributed by atoms with Crippen LogP contribution in [0, 0.1) is 0 Å². The van der Waals surface area contributed by atoms with Crippen LogP contribution in [0.25, 0.3) is 0 Å². The van der Waals surface area contributed by atoms with Gasteiger partial charge in [0, 0.05) is 13.3 Å². The Kier molecular flexibility index (Phi) is 8.30. The molecule has 0 saturated carbocycles. The van der Waals surface area contributed by atoms with Crippen molar-refractivity contribution in [3.8, 4) is 0 Å². The minimum absolute atomic E-state index is 0.0434. The molecule has 0 aliphatic heterocycles. The van der Waals surface area contributed by atoms with Gasteiger partial charge in [-0.3, -0.25) is 4.79 Å². The Bertz CT molecular complexity index is 164. The van der Waals surface area contributed by atoms with E-state index >= 15 is 0 Å². The number of ether oxygens (including phenoxy) is 1. The van der Waals surface area contributed by atoms with Crippen LogP contribution < -0.4 is 0 Å². The Labute approximate surface area is 87.3 Å². The van der Waals surface area contributed by atoms with Crippen LogP contribution >= 0.6 is 0 Å². The van der Waals surface area contributed by atoms with E-state index < -0.39 is 0 Å². The smallest absolute Gasteiger partial charge is 0.302 e. The van der Waals surface area contributed by atoms with Crippen molar-refractivity contribution in [1.29, 1.82) is 0 Å². The van der Waals surface area contributed by atoms with Gasteiger partial charge >= 0.3 is 5.97 Å². The van der Waals surface area contributed by atoms with Crippen LogP contribution in [0.2, 0.25) is 0 Å². The summed E-state index contributed by atoms with van der Waals surface area (Å²) >= 11 is 0. The van der Waals surface area contributed by atoms with E-state index in [1.807, 2.05) is 6.08 Å². The summed E-state index contributed by atoms with van der Waals surface area (Å²) in [5, 5.41) is 0. The molecule has 0 spiro atoms. The SMILES string of the molecule is C=CC[C@H](CCCCCC)OC(C)=O. The van der Waals surface area contributed by atoms with Gasteiger partial charge in [-0.05, 0) is 12.8 Å². The van der Waals surface area contributed by atoms with Gasteiger partial charge in [-0.25, -0.2) is 0 Å². The summed E-state index contributed by atoms with van der Waals surface area (Å²) < 4.78 is 5.16. The second-order valence-corrected chi connectivity index (χ2v) is 3.61. The lowest BCUT2D eigenvalue weighted by Crippen LogP contribution is -2.15. The van der Waals surface area contributed by atoms with Gasteiger partial charge in [0.15, 0.2) is 0 Å². The molecule has 0 bridgehead atoms. The molecule has 0 radical (unpaired) electrons. The molecule has 0 saturated heterocycles. The number of rotatable bonds is 8. The van der Waals surface area contributed by atoms with E-state index in [0.29, 0.717) is 0 Å². The highest BCUT2D eigenvalue weighted by molar-refractivity contribution is 5.66. The first kappa shape index (κ1) is 13.2. The average Bonchev–Trinajstić information content (AvgIpc) is 2.12. The standard InChI is InChI=1S/C12H22O2/c1-4-6-7-8-10-12(9-5-2)14-11(3)13/h5,12H,2,4,6-10H2,1,3H3/t12-/m1/s1. The molecule has 1 atom stereocenters. The molecule has 0 aliphatic rings. The molecule has 2 heteroatoms. The summed E-state index contributed by atoms with van der Waals surface area (Å²) in [4.78, 5) is 10.8. The van der Waals surface area contributed by atoms with Crippen molar-refractivity contribution in [2.24, 2.45) is 0 Å². The maximum Gasteiger partial charge on any atom is 0.302 e. The van der Waals surface area contributed by atoms with Gasteiger partial charge in [0.25, 0.3) is 0 Å². The molecule has 0 amide bonds. The van der Waals surface area contributed by atoms with Gasteiger partial charge in [-0.2, -0.15) is 0 Å². The summed E-state index contributed by atoms with van der Waals surface area (Å²) in [6, 6.07) is 0. The molecule has 2 nitrogen and oxygen atoms in total. The van der Waals surface area contributed by atoms with Crippen LogP contribution in [-0.4, -0.2) is 12.1 Å².